The Bertz CT molecular complexity index is 529. The number of carboxylic acids is 1. The molecule has 1 aromatic rings. The van der Waals surface area contributed by atoms with E-state index in [0.29, 0.717) is 18.3 Å². The van der Waals surface area contributed by atoms with Gasteiger partial charge in [-0.3, -0.25) is 4.79 Å². The number of carboxylic acid groups (broad SMARTS) is 1. The molecule has 106 valence electrons. The van der Waals surface area contributed by atoms with E-state index in [1.807, 2.05) is 0 Å². The van der Waals surface area contributed by atoms with E-state index < -0.39 is 23.6 Å². The highest BCUT2D eigenvalue weighted by molar-refractivity contribution is 7.17. The second kappa shape index (κ2) is 4.68. The minimum Gasteiger partial charge on any atom is -0.479 e. The average Bonchev–Trinajstić information content (AvgIpc) is 2.55. The van der Waals surface area contributed by atoms with Gasteiger partial charge in [-0.2, -0.15) is 13.2 Å². The number of alkyl halides is 3. The van der Waals surface area contributed by atoms with Gasteiger partial charge in [-0.15, -0.1) is 0 Å². The maximum atomic E-state index is 12.7. The summed E-state index contributed by atoms with van der Waals surface area (Å²) in [6.45, 7) is 1.75. The molecular formula is C9H10F3N3O3S. The summed E-state index contributed by atoms with van der Waals surface area (Å²) in [6.07, 6.45) is -5.14. The van der Waals surface area contributed by atoms with Crippen LogP contribution in [-0.4, -0.2) is 33.7 Å². The van der Waals surface area contributed by atoms with E-state index in [1.165, 1.54) is 12.2 Å². The fraction of sp³-hybridized carbons (Fsp3) is 0.444. The number of thiazole rings is 1. The zero-order chi connectivity index (χ0) is 15.0. The molecular weight excluding hydrogens is 287 g/mol. The molecule has 1 amide bonds. The first-order valence-electron chi connectivity index (χ1n) is 4.84. The van der Waals surface area contributed by atoms with Gasteiger partial charge in [0.25, 0.3) is 5.91 Å². The number of aromatic nitrogens is 1. The molecule has 6 nitrogen and oxygen atoms in total. The highest BCUT2D eigenvalue weighted by atomic mass is 32.1. The van der Waals surface area contributed by atoms with Crippen molar-refractivity contribution in [3.05, 3.63) is 10.6 Å². The van der Waals surface area contributed by atoms with Gasteiger partial charge in [0.05, 0.1) is 5.69 Å². The number of aryl methyl sites for hydroxylation is 1. The standard InChI is InChI=1S/C9H10F3N3O3S/c1-3-4(19-7(13)14-3)5(16)15-8(2,6(17)18)9(10,11)12/h1-2H3,(H2,13,14)(H,15,16)(H,17,18). The molecule has 1 heterocycles. The zero-order valence-electron chi connectivity index (χ0n) is 9.83. The van der Waals surface area contributed by atoms with Gasteiger partial charge in [0, 0.05) is 0 Å². The van der Waals surface area contributed by atoms with Gasteiger partial charge < -0.3 is 16.2 Å². The lowest BCUT2D eigenvalue weighted by molar-refractivity contribution is -0.203. The molecule has 1 unspecified atom stereocenters. The molecule has 1 rings (SSSR count). The monoisotopic (exact) mass is 297 g/mol. The van der Waals surface area contributed by atoms with Crippen LogP contribution in [0, 0.1) is 6.92 Å². The summed E-state index contributed by atoms with van der Waals surface area (Å²) < 4.78 is 38.1. The predicted octanol–water partition coefficient (Wildman–Crippen LogP) is 1.17. The van der Waals surface area contributed by atoms with Crippen LogP contribution in [0.2, 0.25) is 0 Å². The molecule has 0 aromatic carbocycles. The number of aliphatic carboxylic acids is 1. The lowest BCUT2D eigenvalue weighted by Crippen LogP contribution is -2.61. The van der Waals surface area contributed by atoms with Crippen molar-refractivity contribution in [1.29, 1.82) is 0 Å². The van der Waals surface area contributed by atoms with Gasteiger partial charge in [0.15, 0.2) is 5.13 Å². The van der Waals surface area contributed by atoms with Crippen LogP contribution in [0.3, 0.4) is 0 Å². The molecule has 0 fully saturated rings. The highest BCUT2D eigenvalue weighted by Gasteiger charge is 2.58. The Hall–Kier alpha value is -1.84. The van der Waals surface area contributed by atoms with Crippen LogP contribution in [0.15, 0.2) is 0 Å². The third kappa shape index (κ3) is 2.78. The van der Waals surface area contributed by atoms with Crippen molar-refractivity contribution in [3.8, 4) is 0 Å². The number of hydrogen-bond donors (Lipinski definition) is 3. The fourth-order valence-electron chi connectivity index (χ4n) is 1.16. The van der Waals surface area contributed by atoms with E-state index in [1.54, 1.807) is 0 Å². The maximum Gasteiger partial charge on any atom is 0.422 e. The molecule has 0 aliphatic carbocycles. The second-order valence-corrected chi connectivity index (χ2v) is 4.88. The van der Waals surface area contributed by atoms with Gasteiger partial charge in [-0.1, -0.05) is 11.3 Å². The molecule has 1 atom stereocenters. The quantitative estimate of drug-likeness (QED) is 0.776. The van der Waals surface area contributed by atoms with Crippen molar-refractivity contribution >= 4 is 28.3 Å². The van der Waals surface area contributed by atoms with Crippen molar-refractivity contribution < 1.29 is 27.9 Å². The van der Waals surface area contributed by atoms with Crippen LogP contribution in [0.5, 0.6) is 0 Å². The topological polar surface area (TPSA) is 105 Å². The number of nitrogens with zero attached hydrogens (tertiary/aromatic N) is 1. The fourth-order valence-corrected chi connectivity index (χ4v) is 1.89. The molecule has 0 radical (unpaired) electrons. The number of nitrogens with two attached hydrogens (primary N) is 1. The molecule has 1 aromatic heterocycles. The Morgan fingerprint density at radius 2 is 1.95 bits per heavy atom. The average molecular weight is 297 g/mol. The number of nitrogens with one attached hydrogen (secondary N) is 1. The highest BCUT2D eigenvalue weighted by Crippen LogP contribution is 2.31. The molecule has 4 N–H and O–H groups in total. The summed E-state index contributed by atoms with van der Waals surface area (Å²) in [5.41, 5.74) is 2.07. The summed E-state index contributed by atoms with van der Waals surface area (Å²) in [6, 6.07) is 0. The lowest BCUT2D eigenvalue weighted by Gasteiger charge is -2.28. The molecule has 0 aliphatic rings. The van der Waals surface area contributed by atoms with Crippen molar-refractivity contribution in [2.75, 3.05) is 5.73 Å². The number of halogens is 3. The van der Waals surface area contributed by atoms with Crippen molar-refractivity contribution in [1.82, 2.24) is 10.3 Å². The van der Waals surface area contributed by atoms with Gasteiger partial charge in [-0.25, -0.2) is 9.78 Å². The predicted molar refractivity (Wildman–Crippen MR) is 60.8 cm³/mol. The minimum absolute atomic E-state index is 0.00619. The van der Waals surface area contributed by atoms with E-state index >= 15 is 0 Å². The number of rotatable bonds is 3. The number of carbonyl (C=O) groups excluding carboxylic acids is 1. The third-order valence-electron chi connectivity index (χ3n) is 2.38. The first-order chi connectivity index (χ1) is 8.49. The number of anilines is 1. The van der Waals surface area contributed by atoms with Crippen LogP contribution in [0.4, 0.5) is 18.3 Å². The molecule has 0 aliphatic heterocycles. The smallest absolute Gasteiger partial charge is 0.422 e. The largest absolute Gasteiger partial charge is 0.479 e. The summed E-state index contributed by atoms with van der Waals surface area (Å²) in [4.78, 5) is 26.0. The van der Waals surface area contributed by atoms with Crippen LogP contribution >= 0.6 is 11.3 Å². The second-order valence-electron chi connectivity index (χ2n) is 3.85. The van der Waals surface area contributed by atoms with Crippen molar-refractivity contribution in [3.63, 3.8) is 0 Å². The van der Waals surface area contributed by atoms with Crippen LogP contribution in [0.1, 0.15) is 22.3 Å². The minimum atomic E-state index is -5.14. The SMILES string of the molecule is Cc1nc(N)sc1C(=O)NC(C)(C(=O)O)C(F)(F)F. The van der Waals surface area contributed by atoms with Gasteiger partial charge in [-0.05, 0) is 13.8 Å². The number of hydrogen-bond acceptors (Lipinski definition) is 5. The molecule has 0 saturated heterocycles. The van der Waals surface area contributed by atoms with Crippen molar-refractivity contribution in [2.24, 2.45) is 0 Å². The van der Waals surface area contributed by atoms with Gasteiger partial charge in [0.1, 0.15) is 4.88 Å². The van der Waals surface area contributed by atoms with E-state index in [2.05, 4.69) is 4.98 Å². The van der Waals surface area contributed by atoms with E-state index in [4.69, 9.17) is 10.8 Å². The van der Waals surface area contributed by atoms with Crippen LogP contribution in [0.25, 0.3) is 0 Å². The molecule has 10 heteroatoms. The summed E-state index contributed by atoms with van der Waals surface area (Å²) in [5, 5.41) is 10.1. The Balaban J connectivity index is 3.09. The Kier molecular flexibility index (Phi) is 3.75. The molecule has 0 spiro atoms. The van der Waals surface area contributed by atoms with Gasteiger partial charge >= 0.3 is 12.1 Å². The third-order valence-corrected chi connectivity index (χ3v) is 3.36. The van der Waals surface area contributed by atoms with E-state index in [0.717, 1.165) is 0 Å². The number of amides is 1. The normalized spacial score (nSPS) is 14.8. The molecule has 0 bridgehead atoms. The summed E-state index contributed by atoms with van der Waals surface area (Å²) >= 11 is 0.680. The first-order valence-corrected chi connectivity index (χ1v) is 5.66. The summed E-state index contributed by atoms with van der Waals surface area (Å²) in [7, 11) is 0. The van der Waals surface area contributed by atoms with Gasteiger partial charge in [0.2, 0.25) is 5.54 Å². The molecule has 0 saturated carbocycles. The number of carbonyl (C=O) groups is 2. The first kappa shape index (κ1) is 15.2. The molecule has 19 heavy (non-hydrogen) atoms. The van der Waals surface area contributed by atoms with E-state index in [-0.39, 0.29) is 15.7 Å². The van der Waals surface area contributed by atoms with Crippen LogP contribution in [-0.2, 0) is 4.79 Å². The maximum absolute atomic E-state index is 12.7. The Labute approximate surface area is 109 Å². The van der Waals surface area contributed by atoms with Crippen molar-refractivity contribution in [2.45, 2.75) is 25.6 Å². The van der Waals surface area contributed by atoms with Crippen LogP contribution < -0.4 is 11.1 Å². The number of nitrogen functional groups attached to an aromatic ring is 1. The lowest BCUT2D eigenvalue weighted by atomic mass is 10.0. The Morgan fingerprint density at radius 3 is 2.26 bits per heavy atom. The van der Waals surface area contributed by atoms with E-state index in [9.17, 15) is 22.8 Å². The Morgan fingerprint density at radius 1 is 1.42 bits per heavy atom. The zero-order valence-corrected chi connectivity index (χ0v) is 10.6. The summed E-state index contributed by atoms with van der Waals surface area (Å²) in [5.74, 6) is -3.39.